The molecule has 0 bridgehead atoms. The van der Waals surface area contributed by atoms with Crippen molar-refractivity contribution in [3.05, 3.63) is 23.9 Å². The molecule has 3 heteroatoms. The molecule has 78 valence electrons. The molecule has 1 fully saturated rings. The Hall–Kier alpha value is -0.800. The lowest BCUT2D eigenvalue weighted by Crippen LogP contribution is -2.51. The monoisotopic (exact) mass is 193 g/mol. The van der Waals surface area contributed by atoms with Gasteiger partial charge in [0.25, 0.3) is 0 Å². The third-order valence-electron chi connectivity index (χ3n) is 2.91. The molecule has 0 aromatic carbocycles. The average molecular weight is 193 g/mol. The molecule has 0 saturated carbocycles. The molecule has 2 aliphatic rings. The zero-order chi connectivity index (χ0) is 9.97. The number of nitrogens with two attached hydrogens (primary N) is 1. The van der Waals surface area contributed by atoms with E-state index < -0.39 is 0 Å². The first-order chi connectivity index (χ1) is 6.75. The molecule has 0 spiro atoms. The maximum atomic E-state index is 5.95. The predicted molar refractivity (Wildman–Crippen MR) is 58.6 cm³/mol. The van der Waals surface area contributed by atoms with Gasteiger partial charge in [-0.3, -0.25) is 4.90 Å². The van der Waals surface area contributed by atoms with Gasteiger partial charge in [0.1, 0.15) is 0 Å². The Labute approximate surface area is 85.6 Å². The van der Waals surface area contributed by atoms with Crippen LogP contribution >= 0.6 is 0 Å². The largest absolute Gasteiger partial charge is 0.372 e. The normalized spacial score (nSPS) is 33.7. The summed E-state index contributed by atoms with van der Waals surface area (Å²) in [5, 5.41) is 3.38. The number of likely N-dealkylation sites (tertiary alicyclic amines) is 1. The summed E-state index contributed by atoms with van der Waals surface area (Å²) < 4.78 is 0. The maximum Gasteiger partial charge on any atom is 0.0985 e. The van der Waals surface area contributed by atoms with E-state index in [2.05, 4.69) is 35.5 Å². The third-order valence-corrected chi connectivity index (χ3v) is 2.91. The third kappa shape index (κ3) is 2.16. The number of allylic oxidation sites excluding steroid dienone is 2. The van der Waals surface area contributed by atoms with Crippen LogP contribution in [0.1, 0.15) is 19.8 Å². The summed E-state index contributed by atoms with van der Waals surface area (Å²) in [6.07, 6.45) is 9.20. The van der Waals surface area contributed by atoms with Crippen LogP contribution in [0, 0.1) is 0 Å². The van der Waals surface area contributed by atoms with Crippen molar-refractivity contribution in [2.45, 2.75) is 32.0 Å². The standard InChI is InChI=1S/C11H19N3/c1-9-4-5-11(13-7-9)14-6-2-3-10(12)8-14/h4-5,7,10-11,13H,2-3,6,8,12H2,1H3/t10-,11?/m0/s1. The highest BCUT2D eigenvalue weighted by Gasteiger charge is 2.22. The Bertz CT molecular complexity index is 257. The van der Waals surface area contributed by atoms with Gasteiger partial charge in [0.05, 0.1) is 6.17 Å². The van der Waals surface area contributed by atoms with Gasteiger partial charge in [-0.25, -0.2) is 0 Å². The molecule has 1 saturated heterocycles. The van der Waals surface area contributed by atoms with Gasteiger partial charge in [-0.15, -0.1) is 0 Å². The predicted octanol–water partition coefficient (Wildman–Crippen LogP) is 0.799. The van der Waals surface area contributed by atoms with Gasteiger partial charge in [-0.1, -0.05) is 6.08 Å². The Balaban J connectivity index is 1.93. The van der Waals surface area contributed by atoms with E-state index in [0.29, 0.717) is 12.2 Å². The molecule has 3 nitrogen and oxygen atoms in total. The van der Waals surface area contributed by atoms with Crippen LogP contribution in [0.25, 0.3) is 0 Å². The van der Waals surface area contributed by atoms with Gasteiger partial charge in [0.15, 0.2) is 0 Å². The van der Waals surface area contributed by atoms with Gasteiger partial charge in [-0.05, 0) is 31.4 Å². The molecule has 0 aromatic rings. The molecular weight excluding hydrogens is 174 g/mol. The van der Waals surface area contributed by atoms with Crippen LogP contribution in [0.15, 0.2) is 23.9 Å². The van der Waals surface area contributed by atoms with E-state index in [1.165, 1.54) is 18.4 Å². The lowest BCUT2D eigenvalue weighted by Gasteiger charge is -2.36. The molecule has 0 radical (unpaired) electrons. The molecule has 2 atom stereocenters. The van der Waals surface area contributed by atoms with E-state index in [9.17, 15) is 0 Å². The van der Waals surface area contributed by atoms with Gasteiger partial charge in [0, 0.05) is 25.3 Å². The molecule has 0 amide bonds. The van der Waals surface area contributed by atoms with E-state index in [-0.39, 0.29) is 0 Å². The molecule has 1 unspecified atom stereocenters. The zero-order valence-electron chi connectivity index (χ0n) is 8.74. The summed E-state index contributed by atoms with van der Waals surface area (Å²) in [6.45, 7) is 4.26. The van der Waals surface area contributed by atoms with Crippen molar-refractivity contribution in [2.75, 3.05) is 13.1 Å². The second-order valence-corrected chi connectivity index (χ2v) is 4.26. The first kappa shape index (κ1) is 9.74. The fourth-order valence-corrected chi connectivity index (χ4v) is 2.08. The lowest BCUT2D eigenvalue weighted by molar-refractivity contribution is 0.161. The Morgan fingerprint density at radius 2 is 2.43 bits per heavy atom. The fourth-order valence-electron chi connectivity index (χ4n) is 2.08. The number of hydrogen-bond donors (Lipinski definition) is 2. The van der Waals surface area contributed by atoms with Crippen LogP contribution in [0.3, 0.4) is 0 Å². The maximum absolute atomic E-state index is 5.95. The van der Waals surface area contributed by atoms with E-state index in [1.54, 1.807) is 0 Å². The van der Waals surface area contributed by atoms with E-state index in [1.807, 2.05) is 0 Å². The van der Waals surface area contributed by atoms with Crippen molar-refractivity contribution in [3.8, 4) is 0 Å². The fraction of sp³-hybridized carbons (Fsp3) is 0.636. The lowest BCUT2D eigenvalue weighted by atomic mass is 10.1. The van der Waals surface area contributed by atoms with Crippen LogP contribution in [0.5, 0.6) is 0 Å². The van der Waals surface area contributed by atoms with Crippen molar-refractivity contribution < 1.29 is 0 Å². The average Bonchev–Trinajstić information content (AvgIpc) is 2.19. The van der Waals surface area contributed by atoms with Gasteiger partial charge in [0.2, 0.25) is 0 Å². The minimum atomic E-state index is 0.352. The van der Waals surface area contributed by atoms with E-state index in [4.69, 9.17) is 5.73 Å². The smallest absolute Gasteiger partial charge is 0.0985 e. The number of dihydropyridines is 1. The van der Waals surface area contributed by atoms with Crippen molar-refractivity contribution in [1.82, 2.24) is 10.2 Å². The first-order valence-corrected chi connectivity index (χ1v) is 5.36. The first-order valence-electron chi connectivity index (χ1n) is 5.36. The van der Waals surface area contributed by atoms with Crippen molar-refractivity contribution in [1.29, 1.82) is 0 Å². The Morgan fingerprint density at radius 3 is 3.07 bits per heavy atom. The number of rotatable bonds is 1. The van der Waals surface area contributed by atoms with Crippen LogP contribution in [0.2, 0.25) is 0 Å². The number of nitrogens with zero attached hydrogens (tertiary/aromatic N) is 1. The van der Waals surface area contributed by atoms with Crippen LogP contribution in [-0.2, 0) is 0 Å². The molecule has 3 N–H and O–H groups in total. The minimum Gasteiger partial charge on any atom is -0.372 e. The summed E-state index contributed by atoms with van der Waals surface area (Å²) in [7, 11) is 0. The summed E-state index contributed by atoms with van der Waals surface area (Å²) in [4.78, 5) is 2.41. The van der Waals surface area contributed by atoms with Gasteiger partial charge in [-0.2, -0.15) is 0 Å². The molecule has 14 heavy (non-hydrogen) atoms. The molecule has 2 rings (SSSR count). The van der Waals surface area contributed by atoms with Crippen LogP contribution in [0.4, 0.5) is 0 Å². The minimum absolute atomic E-state index is 0.352. The molecule has 2 aliphatic heterocycles. The Morgan fingerprint density at radius 1 is 1.57 bits per heavy atom. The summed E-state index contributed by atoms with van der Waals surface area (Å²) >= 11 is 0. The Kier molecular flexibility index (Phi) is 2.89. The van der Waals surface area contributed by atoms with Crippen LogP contribution < -0.4 is 11.1 Å². The highest BCUT2D eigenvalue weighted by molar-refractivity contribution is 5.21. The zero-order valence-corrected chi connectivity index (χ0v) is 8.74. The summed E-state index contributed by atoms with van der Waals surface area (Å²) in [5.41, 5.74) is 7.23. The van der Waals surface area contributed by atoms with E-state index in [0.717, 1.165) is 13.1 Å². The topological polar surface area (TPSA) is 41.3 Å². The number of nitrogens with one attached hydrogen (secondary N) is 1. The van der Waals surface area contributed by atoms with Gasteiger partial charge < -0.3 is 11.1 Å². The molecule has 0 aromatic heterocycles. The molecular formula is C11H19N3. The molecule has 0 aliphatic carbocycles. The van der Waals surface area contributed by atoms with Crippen molar-refractivity contribution in [3.63, 3.8) is 0 Å². The quantitative estimate of drug-likeness (QED) is 0.647. The highest BCUT2D eigenvalue weighted by Crippen LogP contribution is 2.13. The van der Waals surface area contributed by atoms with Crippen LogP contribution in [-0.4, -0.2) is 30.2 Å². The van der Waals surface area contributed by atoms with Crippen molar-refractivity contribution >= 4 is 0 Å². The second-order valence-electron chi connectivity index (χ2n) is 4.26. The SMILES string of the molecule is CC1=CNC(N2CCC[C@H](N)C2)C=C1. The summed E-state index contributed by atoms with van der Waals surface area (Å²) in [5.74, 6) is 0. The van der Waals surface area contributed by atoms with Crippen molar-refractivity contribution in [2.24, 2.45) is 5.73 Å². The second kappa shape index (κ2) is 4.15. The highest BCUT2D eigenvalue weighted by atomic mass is 15.3. The summed E-state index contributed by atoms with van der Waals surface area (Å²) in [6, 6.07) is 0.353. The number of hydrogen-bond acceptors (Lipinski definition) is 3. The van der Waals surface area contributed by atoms with E-state index >= 15 is 0 Å². The number of piperidine rings is 1. The van der Waals surface area contributed by atoms with Gasteiger partial charge >= 0.3 is 0 Å². The molecule has 2 heterocycles.